The van der Waals surface area contributed by atoms with Gasteiger partial charge in [0.25, 0.3) is 0 Å². The molecule has 8 nitrogen and oxygen atoms in total. The summed E-state index contributed by atoms with van der Waals surface area (Å²) in [7, 11) is 0. The van der Waals surface area contributed by atoms with Crippen molar-refractivity contribution in [3.05, 3.63) is 41.7 Å². The van der Waals surface area contributed by atoms with Gasteiger partial charge in [-0.05, 0) is 37.0 Å². The zero-order valence-electron chi connectivity index (χ0n) is 14.3. The zero-order valence-corrected chi connectivity index (χ0v) is 14.3. The number of aliphatic hydroxyl groups excluding tert-OH is 1. The second-order valence-electron chi connectivity index (χ2n) is 7.10. The van der Waals surface area contributed by atoms with Gasteiger partial charge in [0.05, 0.1) is 24.5 Å². The third kappa shape index (κ3) is 2.76. The number of carbonyl (C=O) groups excluding carboxylic acids is 1. The second-order valence-corrected chi connectivity index (χ2v) is 7.10. The molecular formula is C18H20N6O2. The van der Waals surface area contributed by atoms with Crippen molar-refractivity contribution in [2.45, 2.75) is 38.6 Å². The SMILES string of the molecule is O=C(Cn1nc2ccccc2n1)N1CCn2nc([C@H](O)C3CC3)cc2C1. The molecule has 1 aromatic carbocycles. The van der Waals surface area contributed by atoms with Crippen LogP contribution in [0.1, 0.15) is 30.3 Å². The van der Waals surface area contributed by atoms with Crippen LogP contribution in [0.2, 0.25) is 0 Å². The van der Waals surface area contributed by atoms with E-state index in [1.165, 1.54) is 4.80 Å². The third-order valence-electron chi connectivity index (χ3n) is 5.15. The Balaban J connectivity index is 1.29. The maximum Gasteiger partial charge on any atom is 0.246 e. The maximum atomic E-state index is 12.7. The van der Waals surface area contributed by atoms with Crippen LogP contribution in [0.25, 0.3) is 11.0 Å². The second kappa shape index (κ2) is 5.91. The molecule has 0 unspecified atom stereocenters. The number of fused-ring (bicyclic) bond motifs is 2. The minimum Gasteiger partial charge on any atom is -0.386 e. The molecule has 3 heterocycles. The number of aromatic nitrogens is 5. The summed E-state index contributed by atoms with van der Waals surface area (Å²) in [6.07, 6.45) is 1.66. The number of amides is 1. The van der Waals surface area contributed by atoms with Gasteiger partial charge >= 0.3 is 0 Å². The van der Waals surface area contributed by atoms with Gasteiger partial charge in [0.2, 0.25) is 5.91 Å². The first-order valence-electron chi connectivity index (χ1n) is 9.00. The van der Waals surface area contributed by atoms with Crippen LogP contribution in [-0.2, 0) is 24.4 Å². The van der Waals surface area contributed by atoms with Crippen molar-refractivity contribution in [3.8, 4) is 0 Å². The number of benzene rings is 1. The smallest absolute Gasteiger partial charge is 0.246 e. The molecule has 0 radical (unpaired) electrons. The standard InChI is InChI=1S/C18H20N6O2/c25-17(11-24-20-14-3-1-2-4-15(14)21-24)22-7-8-23-13(10-22)9-16(19-23)18(26)12-5-6-12/h1-4,9,12,18,26H,5-8,10-11H2/t18-/m1/s1. The van der Waals surface area contributed by atoms with Gasteiger partial charge in [0.1, 0.15) is 23.7 Å². The number of nitrogens with zero attached hydrogens (tertiary/aromatic N) is 6. The Kier molecular flexibility index (Phi) is 3.53. The van der Waals surface area contributed by atoms with E-state index in [1.54, 1.807) is 4.90 Å². The molecule has 5 rings (SSSR count). The Morgan fingerprint density at radius 1 is 1.15 bits per heavy atom. The molecule has 2 aliphatic rings. The van der Waals surface area contributed by atoms with Crippen molar-refractivity contribution in [3.63, 3.8) is 0 Å². The van der Waals surface area contributed by atoms with E-state index >= 15 is 0 Å². The van der Waals surface area contributed by atoms with Gasteiger partial charge in [-0.2, -0.15) is 20.1 Å². The highest BCUT2D eigenvalue weighted by Crippen LogP contribution is 2.40. The normalized spacial score (nSPS) is 18.1. The van der Waals surface area contributed by atoms with E-state index in [9.17, 15) is 9.90 Å². The number of rotatable bonds is 4. The number of carbonyl (C=O) groups is 1. The molecule has 26 heavy (non-hydrogen) atoms. The van der Waals surface area contributed by atoms with Crippen molar-refractivity contribution in [2.75, 3.05) is 6.54 Å². The van der Waals surface area contributed by atoms with Crippen LogP contribution in [-0.4, -0.2) is 47.2 Å². The Hall–Kier alpha value is -2.74. The monoisotopic (exact) mass is 352 g/mol. The van der Waals surface area contributed by atoms with Crippen LogP contribution >= 0.6 is 0 Å². The summed E-state index contributed by atoms with van der Waals surface area (Å²) < 4.78 is 1.91. The largest absolute Gasteiger partial charge is 0.386 e. The predicted octanol–water partition coefficient (Wildman–Crippen LogP) is 1.11. The molecule has 0 saturated heterocycles. The van der Waals surface area contributed by atoms with Crippen LogP contribution in [0.4, 0.5) is 0 Å². The van der Waals surface area contributed by atoms with E-state index in [0.717, 1.165) is 35.3 Å². The lowest BCUT2D eigenvalue weighted by Crippen LogP contribution is -2.40. The molecule has 1 aliphatic carbocycles. The Bertz CT molecular complexity index is 940. The fourth-order valence-electron chi connectivity index (χ4n) is 3.50. The van der Waals surface area contributed by atoms with E-state index < -0.39 is 6.10 Å². The number of aliphatic hydroxyl groups is 1. The highest BCUT2D eigenvalue weighted by molar-refractivity contribution is 5.77. The van der Waals surface area contributed by atoms with Gasteiger partial charge in [-0.15, -0.1) is 0 Å². The van der Waals surface area contributed by atoms with E-state index in [1.807, 2.05) is 35.0 Å². The molecule has 1 fully saturated rings. The molecule has 1 saturated carbocycles. The topological polar surface area (TPSA) is 89.1 Å². The van der Waals surface area contributed by atoms with Gasteiger partial charge in [0.15, 0.2) is 0 Å². The zero-order chi connectivity index (χ0) is 17.7. The Morgan fingerprint density at radius 2 is 1.88 bits per heavy atom. The van der Waals surface area contributed by atoms with Crippen molar-refractivity contribution < 1.29 is 9.90 Å². The quantitative estimate of drug-likeness (QED) is 0.760. The lowest BCUT2D eigenvalue weighted by Gasteiger charge is -2.27. The van der Waals surface area contributed by atoms with Gasteiger partial charge in [0, 0.05) is 6.54 Å². The Labute approximate surface area is 150 Å². The van der Waals surface area contributed by atoms with Crippen LogP contribution in [0.5, 0.6) is 0 Å². The van der Waals surface area contributed by atoms with Crippen molar-refractivity contribution in [1.29, 1.82) is 0 Å². The molecule has 3 aromatic rings. The summed E-state index contributed by atoms with van der Waals surface area (Å²) in [5.74, 6) is 0.340. The highest BCUT2D eigenvalue weighted by Gasteiger charge is 2.33. The van der Waals surface area contributed by atoms with E-state index in [2.05, 4.69) is 15.3 Å². The summed E-state index contributed by atoms with van der Waals surface area (Å²) >= 11 is 0. The average molecular weight is 352 g/mol. The van der Waals surface area contributed by atoms with Gasteiger partial charge < -0.3 is 10.0 Å². The molecule has 8 heteroatoms. The first-order valence-corrected chi connectivity index (χ1v) is 9.00. The van der Waals surface area contributed by atoms with Crippen molar-refractivity contribution in [1.82, 2.24) is 29.7 Å². The molecule has 1 amide bonds. The van der Waals surface area contributed by atoms with Crippen molar-refractivity contribution in [2.24, 2.45) is 5.92 Å². The van der Waals surface area contributed by atoms with Gasteiger partial charge in [-0.3, -0.25) is 9.48 Å². The molecule has 2 aromatic heterocycles. The van der Waals surface area contributed by atoms with E-state index in [-0.39, 0.29) is 12.5 Å². The lowest BCUT2D eigenvalue weighted by atomic mass is 10.1. The molecule has 1 atom stereocenters. The summed E-state index contributed by atoms with van der Waals surface area (Å²) in [6, 6.07) is 9.51. The summed E-state index contributed by atoms with van der Waals surface area (Å²) in [5, 5.41) is 23.5. The van der Waals surface area contributed by atoms with Crippen molar-refractivity contribution >= 4 is 16.9 Å². The van der Waals surface area contributed by atoms with Crippen LogP contribution in [0.3, 0.4) is 0 Å². The van der Waals surface area contributed by atoms with Gasteiger partial charge in [-0.1, -0.05) is 12.1 Å². The molecule has 1 aliphatic heterocycles. The molecule has 134 valence electrons. The van der Waals surface area contributed by atoms with Gasteiger partial charge in [-0.25, -0.2) is 0 Å². The summed E-state index contributed by atoms with van der Waals surface area (Å²) in [5.41, 5.74) is 3.28. The minimum absolute atomic E-state index is 0.0120. The molecular weight excluding hydrogens is 332 g/mol. The third-order valence-corrected chi connectivity index (χ3v) is 5.15. The minimum atomic E-state index is -0.474. The molecule has 1 N–H and O–H groups in total. The maximum absolute atomic E-state index is 12.7. The molecule has 0 bridgehead atoms. The summed E-state index contributed by atoms with van der Waals surface area (Å²) in [6.45, 7) is 1.88. The van der Waals surface area contributed by atoms with Crippen LogP contribution in [0.15, 0.2) is 30.3 Å². The average Bonchev–Trinajstić information content (AvgIpc) is 3.27. The van der Waals surface area contributed by atoms with E-state index in [0.29, 0.717) is 25.6 Å². The summed E-state index contributed by atoms with van der Waals surface area (Å²) in [4.78, 5) is 15.9. The Morgan fingerprint density at radius 3 is 2.58 bits per heavy atom. The lowest BCUT2D eigenvalue weighted by molar-refractivity contribution is -0.133. The van der Waals surface area contributed by atoms with Crippen LogP contribution < -0.4 is 0 Å². The number of hydrogen-bond acceptors (Lipinski definition) is 5. The highest BCUT2D eigenvalue weighted by atomic mass is 16.3. The fraction of sp³-hybridized carbons (Fsp3) is 0.444. The van der Waals surface area contributed by atoms with Crippen LogP contribution in [0, 0.1) is 5.92 Å². The predicted molar refractivity (Wildman–Crippen MR) is 92.9 cm³/mol. The first-order chi connectivity index (χ1) is 12.7. The van der Waals surface area contributed by atoms with E-state index in [4.69, 9.17) is 0 Å². The molecule has 0 spiro atoms. The number of hydrogen-bond donors (Lipinski definition) is 1. The first kappa shape index (κ1) is 15.5. The fourth-order valence-corrected chi connectivity index (χ4v) is 3.50.